The van der Waals surface area contributed by atoms with Gasteiger partial charge in [0.1, 0.15) is 23.0 Å². The van der Waals surface area contributed by atoms with Crippen molar-refractivity contribution in [3.8, 4) is 22.6 Å². The zero-order valence-corrected chi connectivity index (χ0v) is 19.6. The third-order valence-corrected chi connectivity index (χ3v) is 7.09. The van der Waals surface area contributed by atoms with E-state index in [0.717, 1.165) is 24.3 Å². The number of hydrogen-bond acceptors (Lipinski definition) is 6. The van der Waals surface area contributed by atoms with Crippen molar-refractivity contribution >= 4 is 37.6 Å². The molecule has 3 aromatic carbocycles. The van der Waals surface area contributed by atoms with Gasteiger partial charge < -0.3 is 14.6 Å². The summed E-state index contributed by atoms with van der Waals surface area (Å²) < 4.78 is 79.5. The Bertz CT molecular complexity index is 1420. The Morgan fingerprint density at radius 3 is 2.50 bits per heavy atom. The second-order valence-corrected chi connectivity index (χ2v) is 9.77. The molecule has 1 aliphatic rings. The summed E-state index contributed by atoms with van der Waals surface area (Å²) in [6.45, 7) is -0.261. The molecule has 4 rings (SSSR count). The number of hydrogen-bond donors (Lipinski definition) is 2. The van der Waals surface area contributed by atoms with Crippen LogP contribution in [0.4, 0.5) is 18.9 Å². The third-order valence-electron chi connectivity index (χ3n) is 5.11. The topological polar surface area (TPSA) is 102 Å². The van der Waals surface area contributed by atoms with E-state index >= 15 is 0 Å². The zero-order valence-electron chi connectivity index (χ0n) is 17.2. The summed E-state index contributed by atoms with van der Waals surface area (Å²) >= 11 is 2.97. The van der Waals surface area contributed by atoms with Crippen molar-refractivity contribution in [2.45, 2.75) is 17.7 Å². The van der Waals surface area contributed by atoms with E-state index in [-0.39, 0.29) is 22.2 Å². The number of phenolic OH excluding ortho intramolecular Hbond substituents is 1. The van der Waals surface area contributed by atoms with Crippen LogP contribution in [-0.2, 0) is 27.5 Å². The summed E-state index contributed by atoms with van der Waals surface area (Å²) in [5, 5.41) is 10.3. The third kappa shape index (κ3) is 4.42. The molecule has 12 heteroatoms. The van der Waals surface area contributed by atoms with E-state index < -0.39 is 44.1 Å². The number of halogens is 4. The van der Waals surface area contributed by atoms with Gasteiger partial charge in [0, 0.05) is 0 Å². The molecule has 1 heterocycles. The van der Waals surface area contributed by atoms with Crippen LogP contribution in [0.1, 0.15) is 21.5 Å². The number of alkyl halides is 3. The molecule has 0 fully saturated rings. The number of carbonyl (C=O) groups excluding carboxylic acids is 1. The van der Waals surface area contributed by atoms with Gasteiger partial charge in [-0.15, -0.1) is 0 Å². The zero-order chi connectivity index (χ0) is 24.8. The van der Waals surface area contributed by atoms with E-state index in [1.54, 1.807) is 12.1 Å². The number of fused-ring (bicyclic) bond motifs is 6. The number of nitrogens with one attached hydrogen (secondary N) is 1. The molecule has 0 aromatic heterocycles. The Balaban J connectivity index is 2.03. The molecule has 1 aliphatic heterocycles. The van der Waals surface area contributed by atoms with Crippen LogP contribution in [0.25, 0.3) is 11.1 Å². The second-order valence-electron chi connectivity index (χ2n) is 7.27. The molecule has 0 unspecified atom stereocenters. The van der Waals surface area contributed by atoms with Crippen LogP contribution in [0.5, 0.6) is 11.5 Å². The Hall–Kier alpha value is -3.25. The average Bonchev–Trinajstić information content (AvgIpc) is 2.77. The van der Waals surface area contributed by atoms with Crippen molar-refractivity contribution in [2.75, 3.05) is 11.8 Å². The quantitative estimate of drug-likeness (QED) is 0.392. The first-order chi connectivity index (χ1) is 15.9. The molecule has 0 aliphatic carbocycles. The van der Waals surface area contributed by atoms with E-state index in [9.17, 15) is 31.5 Å². The molecule has 7 nitrogen and oxygen atoms in total. The summed E-state index contributed by atoms with van der Waals surface area (Å²) in [5.74, 6) is -1.30. The maximum Gasteiger partial charge on any atom is 0.418 e. The summed E-state index contributed by atoms with van der Waals surface area (Å²) in [6.07, 6.45) is -4.88. The van der Waals surface area contributed by atoms with Crippen molar-refractivity contribution in [2.24, 2.45) is 0 Å². The SMILES string of the molecule is COc1ccc2c(c1)-c1ccc(C(F)(F)F)c(c1)NS(=O)(=O)c1cc(cc(Br)c1O)C(=O)OC2. The second kappa shape index (κ2) is 8.51. The highest BCUT2D eigenvalue weighted by Crippen LogP contribution is 2.41. The van der Waals surface area contributed by atoms with E-state index in [4.69, 9.17) is 9.47 Å². The molecule has 2 N–H and O–H groups in total. The van der Waals surface area contributed by atoms with Crippen LogP contribution < -0.4 is 9.46 Å². The molecule has 4 bridgehead atoms. The summed E-state index contributed by atoms with van der Waals surface area (Å²) in [5.41, 5.74) is -1.20. The predicted octanol–water partition coefficient (Wildman–Crippen LogP) is 5.32. The van der Waals surface area contributed by atoms with Crippen LogP contribution in [0.2, 0.25) is 0 Å². The molecule has 0 saturated carbocycles. The number of esters is 1. The number of cyclic esters (lactones) is 1. The number of methoxy groups -OCH3 is 1. The van der Waals surface area contributed by atoms with Crippen LogP contribution in [0.15, 0.2) is 57.9 Å². The van der Waals surface area contributed by atoms with Gasteiger partial charge >= 0.3 is 12.1 Å². The van der Waals surface area contributed by atoms with E-state index in [1.165, 1.54) is 19.2 Å². The van der Waals surface area contributed by atoms with Gasteiger partial charge in [0.15, 0.2) is 0 Å². The number of aromatic hydroxyl groups is 1. The summed E-state index contributed by atoms with van der Waals surface area (Å²) in [7, 11) is -3.36. The van der Waals surface area contributed by atoms with Crippen molar-refractivity contribution < 1.29 is 41.0 Å². The molecule has 0 atom stereocenters. The van der Waals surface area contributed by atoms with E-state index in [0.29, 0.717) is 16.9 Å². The number of sulfonamides is 1. The fourth-order valence-corrected chi connectivity index (χ4v) is 5.25. The van der Waals surface area contributed by atoms with E-state index in [1.807, 2.05) is 4.72 Å². The fraction of sp³-hybridized carbons (Fsp3) is 0.136. The van der Waals surface area contributed by atoms with Crippen molar-refractivity contribution in [3.05, 3.63) is 69.7 Å². The van der Waals surface area contributed by atoms with Crippen LogP contribution >= 0.6 is 15.9 Å². The Morgan fingerprint density at radius 1 is 1.09 bits per heavy atom. The Kier molecular flexibility index (Phi) is 5.98. The number of ether oxygens (including phenoxy) is 2. The number of carbonyl (C=O) groups is 1. The first-order valence-electron chi connectivity index (χ1n) is 9.51. The van der Waals surface area contributed by atoms with Gasteiger partial charge in [0.25, 0.3) is 10.0 Å². The van der Waals surface area contributed by atoms with Gasteiger partial charge in [-0.25, -0.2) is 13.2 Å². The van der Waals surface area contributed by atoms with Crippen LogP contribution in [0.3, 0.4) is 0 Å². The predicted molar refractivity (Wildman–Crippen MR) is 119 cm³/mol. The lowest BCUT2D eigenvalue weighted by Crippen LogP contribution is -2.18. The highest BCUT2D eigenvalue weighted by atomic mass is 79.9. The summed E-state index contributed by atoms with van der Waals surface area (Å²) in [6, 6.07) is 9.62. The molecular formula is C22H15BrF3NO6S. The minimum absolute atomic E-state index is 0.160. The first kappa shape index (κ1) is 23.9. The lowest BCUT2D eigenvalue weighted by atomic mass is 9.97. The van der Waals surface area contributed by atoms with Crippen molar-refractivity contribution in [1.82, 2.24) is 0 Å². The lowest BCUT2D eigenvalue weighted by molar-refractivity contribution is -0.136. The van der Waals surface area contributed by atoms with Crippen molar-refractivity contribution in [1.29, 1.82) is 0 Å². The number of phenols is 1. The Morgan fingerprint density at radius 2 is 1.82 bits per heavy atom. The van der Waals surface area contributed by atoms with Gasteiger partial charge in [0.05, 0.1) is 28.4 Å². The molecule has 0 radical (unpaired) electrons. The monoisotopic (exact) mass is 557 g/mol. The average molecular weight is 558 g/mol. The van der Waals surface area contributed by atoms with Gasteiger partial charge in [-0.2, -0.15) is 13.2 Å². The van der Waals surface area contributed by atoms with Crippen molar-refractivity contribution in [3.63, 3.8) is 0 Å². The number of anilines is 1. The highest BCUT2D eigenvalue weighted by molar-refractivity contribution is 9.10. The minimum atomic E-state index is -4.88. The number of rotatable bonds is 1. The van der Waals surface area contributed by atoms with Gasteiger partial charge in [-0.1, -0.05) is 12.1 Å². The molecule has 3 aromatic rings. The molecular weight excluding hydrogens is 543 g/mol. The standard InChI is InChI=1S/C22H15BrF3NO6S/c1-32-14-4-2-12-10-33-21(29)13-6-17(23)20(28)19(8-13)34(30,31)27-18-7-11(15(12)9-14)3-5-16(18)22(24,25)26/h2-9,27-28H,10H2,1H3. The molecule has 0 amide bonds. The largest absolute Gasteiger partial charge is 0.505 e. The molecule has 0 spiro atoms. The summed E-state index contributed by atoms with van der Waals surface area (Å²) in [4.78, 5) is 11.8. The molecule has 34 heavy (non-hydrogen) atoms. The smallest absolute Gasteiger partial charge is 0.418 e. The first-order valence-corrected chi connectivity index (χ1v) is 11.8. The maximum atomic E-state index is 13.7. The maximum absolute atomic E-state index is 13.7. The van der Waals surface area contributed by atoms with Gasteiger partial charge in [-0.3, -0.25) is 4.72 Å². The van der Waals surface area contributed by atoms with Gasteiger partial charge in [-0.05, 0) is 69.0 Å². The Labute approximate surface area is 200 Å². The minimum Gasteiger partial charge on any atom is -0.505 e. The van der Waals surface area contributed by atoms with E-state index in [2.05, 4.69) is 15.9 Å². The molecule has 178 valence electrons. The molecule has 0 saturated heterocycles. The van der Waals surface area contributed by atoms with Crippen LogP contribution in [-0.4, -0.2) is 26.6 Å². The van der Waals surface area contributed by atoms with Gasteiger partial charge in [0.2, 0.25) is 0 Å². The lowest BCUT2D eigenvalue weighted by Gasteiger charge is -2.18. The normalized spacial score (nSPS) is 15.0. The van der Waals surface area contributed by atoms with Crippen LogP contribution in [0, 0.1) is 0 Å². The fourth-order valence-electron chi connectivity index (χ4n) is 3.44. The highest BCUT2D eigenvalue weighted by Gasteiger charge is 2.36. The number of benzene rings is 3.